The van der Waals surface area contributed by atoms with Crippen LogP contribution in [0.5, 0.6) is 0 Å². The SMILES string of the molecule is O=C(c1ccccc1)c1cc(Br)ccc1N1CC(Br)CC1=O. The van der Waals surface area contributed by atoms with E-state index in [0.29, 0.717) is 29.8 Å². The molecule has 1 amide bonds. The van der Waals surface area contributed by atoms with Gasteiger partial charge < -0.3 is 4.90 Å². The molecule has 1 saturated heterocycles. The highest BCUT2D eigenvalue weighted by atomic mass is 79.9. The van der Waals surface area contributed by atoms with E-state index in [1.54, 1.807) is 23.1 Å². The number of benzene rings is 2. The number of hydrogen-bond acceptors (Lipinski definition) is 2. The van der Waals surface area contributed by atoms with Crippen molar-refractivity contribution in [2.24, 2.45) is 0 Å². The van der Waals surface area contributed by atoms with Crippen LogP contribution < -0.4 is 4.90 Å². The number of alkyl halides is 1. The normalized spacial score (nSPS) is 17.8. The second kappa shape index (κ2) is 6.34. The van der Waals surface area contributed by atoms with E-state index in [4.69, 9.17) is 0 Å². The Labute approximate surface area is 145 Å². The Morgan fingerprint density at radius 1 is 1.14 bits per heavy atom. The molecule has 1 aliphatic rings. The van der Waals surface area contributed by atoms with Gasteiger partial charge in [-0.2, -0.15) is 0 Å². The third-order valence-electron chi connectivity index (χ3n) is 3.61. The van der Waals surface area contributed by atoms with Gasteiger partial charge in [-0.25, -0.2) is 0 Å². The van der Waals surface area contributed by atoms with Crippen LogP contribution in [0.15, 0.2) is 53.0 Å². The van der Waals surface area contributed by atoms with Crippen LogP contribution in [0.25, 0.3) is 0 Å². The first kappa shape index (κ1) is 15.4. The maximum Gasteiger partial charge on any atom is 0.228 e. The van der Waals surface area contributed by atoms with Crippen LogP contribution >= 0.6 is 31.9 Å². The summed E-state index contributed by atoms with van der Waals surface area (Å²) in [5, 5.41) is 0. The highest BCUT2D eigenvalue weighted by Gasteiger charge is 2.31. The number of nitrogens with zero attached hydrogens (tertiary/aromatic N) is 1. The van der Waals surface area contributed by atoms with Crippen molar-refractivity contribution < 1.29 is 9.59 Å². The summed E-state index contributed by atoms with van der Waals surface area (Å²) in [6.07, 6.45) is 0.453. The number of halogens is 2. The quantitative estimate of drug-likeness (QED) is 0.549. The van der Waals surface area contributed by atoms with Crippen LogP contribution in [0.3, 0.4) is 0 Å². The van der Waals surface area contributed by atoms with Crippen molar-refractivity contribution in [3.63, 3.8) is 0 Å². The first-order valence-electron chi connectivity index (χ1n) is 6.90. The minimum atomic E-state index is -0.0808. The third-order valence-corrected chi connectivity index (χ3v) is 4.71. The molecule has 1 heterocycles. The van der Waals surface area contributed by atoms with Gasteiger partial charge in [0.25, 0.3) is 0 Å². The number of ketones is 1. The zero-order valence-corrected chi connectivity index (χ0v) is 14.8. The predicted molar refractivity (Wildman–Crippen MR) is 93.7 cm³/mol. The first-order valence-corrected chi connectivity index (χ1v) is 8.61. The Hall–Kier alpha value is -1.46. The van der Waals surface area contributed by atoms with Gasteiger partial charge in [-0.3, -0.25) is 9.59 Å². The van der Waals surface area contributed by atoms with Crippen LogP contribution in [-0.2, 0) is 4.79 Å². The monoisotopic (exact) mass is 421 g/mol. The van der Waals surface area contributed by atoms with Crippen molar-refractivity contribution in [2.45, 2.75) is 11.2 Å². The molecule has 3 nitrogen and oxygen atoms in total. The van der Waals surface area contributed by atoms with E-state index in [1.807, 2.05) is 30.3 Å². The van der Waals surface area contributed by atoms with Gasteiger partial charge in [0.15, 0.2) is 5.78 Å². The average Bonchev–Trinajstić information content (AvgIpc) is 2.86. The van der Waals surface area contributed by atoms with E-state index >= 15 is 0 Å². The van der Waals surface area contributed by atoms with Crippen molar-refractivity contribution in [2.75, 3.05) is 11.4 Å². The van der Waals surface area contributed by atoms with E-state index in [1.165, 1.54) is 0 Å². The van der Waals surface area contributed by atoms with Crippen LogP contribution in [0.4, 0.5) is 5.69 Å². The largest absolute Gasteiger partial charge is 0.311 e. The van der Waals surface area contributed by atoms with Crippen LogP contribution in [0.1, 0.15) is 22.3 Å². The number of carbonyl (C=O) groups excluding carboxylic acids is 2. The lowest BCUT2D eigenvalue weighted by molar-refractivity contribution is -0.117. The van der Waals surface area contributed by atoms with Gasteiger partial charge >= 0.3 is 0 Å². The van der Waals surface area contributed by atoms with Crippen molar-refractivity contribution in [1.29, 1.82) is 0 Å². The van der Waals surface area contributed by atoms with Crippen LogP contribution in [0, 0.1) is 0 Å². The zero-order chi connectivity index (χ0) is 15.7. The van der Waals surface area contributed by atoms with E-state index in [-0.39, 0.29) is 16.5 Å². The summed E-state index contributed by atoms with van der Waals surface area (Å²) in [7, 11) is 0. The lowest BCUT2D eigenvalue weighted by Crippen LogP contribution is -2.26. The summed E-state index contributed by atoms with van der Waals surface area (Å²) in [5.74, 6) is -0.0472. The van der Waals surface area contributed by atoms with Gasteiger partial charge in [0.05, 0.1) is 5.69 Å². The van der Waals surface area contributed by atoms with E-state index in [0.717, 1.165) is 4.47 Å². The van der Waals surface area contributed by atoms with Crippen molar-refractivity contribution in [1.82, 2.24) is 0 Å². The zero-order valence-electron chi connectivity index (χ0n) is 11.6. The molecule has 0 spiro atoms. The number of carbonyl (C=O) groups is 2. The van der Waals surface area contributed by atoms with Crippen molar-refractivity contribution >= 4 is 49.2 Å². The molecule has 1 atom stereocenters. The summed E-state index contributed by atoms with van der Waals surface area (Å²) in [4.78, 5) is 26.8. The van der Waals surface area contributed by atoms with Gasteiger partial charge in [0, 0.05) is 33.4 Å². The van der Waals surface area contributed by atoms with Gasteiger partial charge in [-0.05, 0) is 18.2 Å². The number of hydrogen-bond donors (Lipinski definition) is 0. The molecule has 22 heavy (non-hydrogen) atoms. The molecule has 2 aromatic rings. The predicted octanol–water partition coefficient (Wildman–Crippen LogP) is 4.18. The molecule has 112 valence electrons. The Morgan fingerprint density at radius 2 is 1.86 bits per heavy atom. The Balaban J connectivity index is 2.06. The minimum Gasteiger partial charge on any atom is -0.311 e. The smallest absolute Gasteiger partial charge is 0.228 e. The maximum atomic E-state index is 12.8. The third kappa shape index (κ3) is 3.01. The van der Waals surface area contributed by atoms with E-state index in [9.17, 15) is 9.59 Å². The van der Waals surface area contributed by atoms with Gasteiger partial charge in [-0.1, -0.05) is 62.2 Å². The fraction of sp³-hybridized carbons (Fsp3) is 0.176. The molecule has 1 unspecified atom stereocenters. The fourth-order valence-electron chi connectivity index (χ4n) is 2.57. The number of amides is 1. The molecule has 0 radical (unpaired) electrons. The van der Waals surface area contributed by atoms with Crippen LogP contribution in [0.2, 0.25) is 0 Å². The Morgan fingerprint density at radius 3 is 2.50 bits per heavy atom. The molecule has 1 aliphatic heterocycles. The minimum absolute atomic E-state index is 0.0336. The molecule has 0 aliphatic carbocycles. The summed E-state index contributed by atoms with van der Waals surface area (Å²) in [6, 6.07) is 14.6. The van der Waals surface area contributed by atoms with Crippen molar-refractivity contribution in [3.05, 3.63) is 64.1 Å². The topological polar surface area (TPSA) is 37.4 Å². The molecule has 2 aromatic carbocycles. The summed E-state index contributed by atoms with van der Waals surface area (Å²) in [6.45, 7) is 0.579. The summed E-state index contributed by atoms with van der Waals surface area (Å²) >= 11 is 6.89. The second-order valence-electron chi connectivity index (χ2n) is 5.16. The molecule has 0 N–H and O–H groups in total. The molecule has 1 fully saturated rings. The lowest BCUT2D eigenvalue weighted by Gasteiger charge is -2.19. The van der Waals surface area contributed by atoms with E-state index in [2.05, 4.69) is 31.9 Å². The van der Waals surface area contributed by atoms with Gasteiger partial charge in [-0.15, -0.1) is 0 Å². The maximum absolute atomic E-state index is 12.8. The molecule has 0 aromatic heterocycles. The van der Waals surface area contributed by atoms with Crippen molar-refractivity contribution in [3.8, 4) is 0 Å². The standard InChI is InChI=1S/C17H13Br2NO2/c18-12-6-7-15(20-10-13(19)9-16(20)21)14(8-12)17(22)11-4-2-1-3-5-11/h1-8,13H,9-10H2. The fourth-order valence-corrected chi connectivity index (χ4v) is 3.49. The molecular formula is C17H13Br2NO2. The highest BCUT2D eigenvalue weighted by molar-refractivity contribution is 9.10. The van der Waals surface area contributed by atoms with E-state index < -0.39 is 0 Å². The summed E-state index contributed by atoms with van der Waals surface area (Å²) < 4.78 is 0.817. The molecular weight excluding hydrogens is 410 g/mol. The molecule has 3 rings (SSSR count). The molecule has 0 saturated carbocycles. The molecule has 0 bridgehead atoms. The Bertz CT molecular complexity index is 731. The number of rotatable bonds is 3. The average molecular weight is 423 g/mol. The Kier molecular flexibility index (Phi) is 4.45. The molecule has 5 heteroatoms. The van der Waals surface area contributed by atoms with Gasteiger partial charge in [0.1, 0.15) is 0 Å². The van der Waals surface area contributed by atoms with Crippen LogP contribution in [-0.4, -0.2) is 23.1 Å². The summed E-state index contributed by atoms with van der Waals surface area (Å²) in [5.41, 5.74) is 1.82. The second-order valence-corrected chi connectivity index (χ2v) is 7.37. The highest BCUT2D eigenvalue weighted by Crippen LogP contribution is 2.31. The first-order chi connectivity index (χ1) is 10.6. The van der Waals surface area contributed by atoms with Gasteiger partial charge in [0.2, 0.25) is 5.91 Å². The lowest BCUT2D eigenvalue weighted by atomic mass is 10.0. The number of anilines is 1.